The van der Waals surface area contributed by atoms with E-state index in [1.807, 2.05) is 0 Å². The van der Waals surface area contributed by atoms with Gasteiger partial charge in [-0.05, 0) is 43.9 Å². The quantitative estimate of drug-likeness (QED) is 0.875. The Morgan fingerprint density at radius 2 is 2.00 bits per heavy atom. The standard InChI is InChI=1S/C16H19F2NO3/c17-9-4-5-13(18)12(6-9)14-7-10(20)8-19(14)16(22)11-2-1-3-15(11)21/h4-6,10-11,14-15,20-21H,1-3,7-8H2. The number of aliphatic hydroxyl groups is 2. The van der Waals surface area contributed by atoms with E-state index in [4.69, 9.17) is 0 Å². The fourth-order valence-electron chi connectivity index (χ4n) is 3.56. The van der Waals surface area contributed by atoms with Gasteiger partial charge in [-0.15, -0.1) is 0 Å². The van der Waals surface area contributed by atoms with Crippen LogP contribution >= 0.6 is 0 Å². The van der Waals surface area contributed by atoms with Crippen molar-refractivity contribution < 1.29 is 23.8 Å². The maximum absolute atomic E-state index is 14.0. The number of hydrogen-bond donors (Lipinski definition) is 2. The Morgan fingerprint density at radius 3 is 2.68 bits per heavy atom. The number of likely N-dealkylation sites (tertiary alicyclic amines) is 1. The van der Waals surface area contributed by atoms with E-state index in [2.05, 4.69) is 0 Å². The summed E-state index contributed by atoms with van der Waals surface area (Å²) in [5.41, 5.74) is 0.0809. The van der Waals surface area contributed by atoms with Crippen LogP contribution in [0.4, 0.5) is 8.78 Å². The summed E-state index contributed by atoms with van der Waals surface area (Å²) in [6.45, 7) is 0.0860. The van der Waals surface area contributed by atoms with Crippen LogP contribution in [0, 0.1) is 17.6 Å². The number of carbonyl (C=O) groups excluding carboxylic acids is 1. The van der Waals surface area contributed by atoms with Crippen molar-refractivity contribution >= 4 is 5.91 Å². The molecule has 1 heterocycles. The lowest BCUT2D eigenvalue weighted by Gasteiger charge is -2.28. The number of rotatable bonds is 2. The Bertz CT molecular complexity index is 581. The first-order valence-electron chi connectivity index (χ1n) is 7.59. The van der Waals surface area contributed by atoms with E-state index in [1.54, 1.807) is 0 Å². The molecular weight excluding hydrogens is 292 g/mol. The van der Waals surface area contributed by atoms with Crippen molar-refractivity contribution in [3.05, 3.63) is 35.4 Å². The largest absolute Gasteiger partial charge is 0.392 e. The Hall–Kier alpha value is -1.53. The van der Waals surface area contributed by atoms with Crippen LogP contribution in [-0.2, 0) is 4.79 Å². The lowest BCUT2D eigenvalue weighted by Crippen LogP contribution is -2.39. The third-order valence-electron chi connectivity index (χ3n) is 4.68. The summed E-state index contributed by atoms with van der Waals surface area (Å²) in [6, 6.07) is 2.44. The highest BCUT2D eigenvalue weighted by Gasteiger charge is 2.42. The van der Waals surface area contributed by atoms with Crippen molar-refractivity contribution in [2.45, 2.75) is 43.9 Å². The van der Waals surface area contributed by atoms with E-state index in [0.717, 1.165) is 24.6 Å². The number of carbonyl (C=O) groups is 1. The summed E-state index contributed by atoms with van der Waals surface area (Å²) in [4.78, 5) is 14.0. The van der Waals surface area contributed by atoms with Crippen molar-refractivity contribution in [3.63, 3.8) is 0 Å². The normalized spacial score (nSPS) is 31.7. The van der Waals surface area contributed by atoms with Crippen LogP contribution in [0.2, 0.25) is 0 Å². The van der Waals surface area contributed by atoms with Gasteiger partial charge in [0.05, 0.1) is 24.2 Å². The number of nitrogens with zero attached hydrogens (tertiary/aromatic N) is 1. The highest BCUT2D eigenvalue weighted by atomic mass is 19.1. The highest BCUT2D eigenvalue weighted by Crippen LogP contribution is 2.37. The zero-order valence-electron chi connectivity index (χ0n) is 12.1. The van der Waals surface area contributed by atoms with E-state index < -0.39 is 35.8 Å². The average Bonchev–Trinajstić information content (AvgIpc) is 3.07. The van der Waals surface area contributed by atoms with Gasteiger partial charge >= 0.3 is 0 Å². The first-order chi connectivity index (χ1) is 10.5. The second-order valence-electron chi connectivity index (χ2n) is 6.17. The summed E-state index contributed by atoms with van der Waals surface area (Å²) in [5, 5.41) is 19.8. The molecule has 0 radical (unpaired) electrons. The Morgan fingerprint density at radius 1 is 1.23 bits per heavy atom. The molecule has 22 heavy (non-hydrogen) atoms. The zero-order valence-corrected chi connectivity index (χ0v) is 12.1. The van der Waals surface area contributed by atoms with Gasteiger partial charge in [-0.1, -0.05) is 0 Å². The monoisotopic (exact) mass is 311 g/mol. The van der Waals surface area contributed by atoms with Crippen LogP contribution in [0.3, 0.4) is 0 Å². The first kappa shape index (κ1) is 15.4. The molecule has 4 nitrogen and oxygen atoms in total. The highest BCUT2D eigenvalue weighted by molar-refractivity contribution is 5.80. The molecule has 1 aromatic carbocycles. The lowest BCUT2D eigenvalue weighted by molar-refractivity contribution is -0.139. The molecule has 0 bridgehead atoms. The van der Waals surface area contributed by atoms with E-state index in [9.17, 15) is 23.8 Å². The fourth-order valence-corrected chi connectivity index (χ4v) is 3.56. The molecule has 4 atom stereocenters. The summed E-state index contributed by atoms with van der Waals surface area (Å²) in [5.74, 6) is -1.96. The molecule has 2 N–H and O–H groups in total. The molecule has 3 rings (SSSR count). The third-order valence-corrected chi connectivity index (χ3v) is 4.68. The molecule has 0 aromatic heterocycles. The van der Waals surface area contributed by atoms with Crippen molar-refractivity contribution in [2.75, 3.05) is 6.54 Å². The van der Waals surface area contributed by atoms with Crippen LogP contribution in [0.15, 0.2) is 18.2 Å². The van der Waals surface area contributed by atoms with Crippen molar-refractivity contribution in [1.29, 1.82) is 0 Å². The minimum atomic E-state index is -0.768. The smallest absolute Gasteiger partial charge is 0.228 e. The van der Waals surface area contributed by atoms with Crippen LogP contribution < -0.4 is 0 Å². The fraction of sp³-hybridized carbons (Fsp3) is 0.562. The van der Waals surface area contributed by atoms with Gasteiger partial charge in [0.2, 0.25) is 5.91 Å². The molecule has 1 aromatic rings. The van der Waals surface area contributed by atoms with Gasteiger partial charge in [-0.2, -0.15) is 0 Å². The second kappa shape index (κ2) is 5.93. The van der Waals surface area contributed by atoms with Gasteiger partial charge in [0.15, 0.2) is 0 Å². The number of β-amino-alcohol motifs (C(OH)–C–C–N with tert-alkyl or cyclic N) is 1. The first-order valence-corrected chi connectivity index (χ1v) is 7.59. The Kier molecular flexibility index (Phi) is 4.14. The van der Waals surface area contributed by atoms with E-state index in [1.165, 1.54) is 4.90 Å². The van der Waals surface area contributed by atoms with Crippen LogP contribution in [0.1, 0.15) is 37.3 Å². The second-order valence-corrected chi connectivity index (χ2v) is 6.17. The molecule has 1 amide bonds. The van der Waals surface area contributed by atoms with Crippen LogP contribution in [-0.4, -0.2) is 39.8 Å². The molecule has 6 heteroatoms. The number of hydrogen-bond acceptors (Lipinski definition) is 3. The Balaban J connectivity index is 1.89. The van der Waals surface area contributed by atoms with Gasteiger partial charge < -0.3 is 15.1 Å². The topological polar surface area (TPSA) is 60.8 Å². The van der Waals surface area contributed by atoms with Crippen LogP contribution in [0.5, 0.6) is 0 Å². The third kappa shape index (κ3) is 2.73. The van der Waals surface area contributed by atoms with E-state index >= 15 is 0 Å². The van der Waals surface area contributed by atoms with Gasteiger partial charge in [0.25, 0.3) is 0 Å². The summed E-state index contributed by atoms with van der Waals surface area (Å²) in [6.07, 6.45) is 0.650. The van der Waals surface area contributed by atoms with Gasteiger partial charge in [-0.3, -0.25) is 4.79 Å². The minimum absolute atomic E-state index is 0.0809. The predicted molar refractivity (Wildman–Crippen MR) is 74.8 cm³/mol. The summed E-state index contributed by atoms with van der Waals surface area (Å²) in [7, 11) is 0. The molecule has 0 spiro atoms. The minimum Gasteiger partial charge on any atom is -0.392 e. The molecule has 2 aliphatic rings. The van der Waals surface area contributed by atoms with Crippen molar-refractivity contribution in [3.8, 4) is 0 Å². The number of benzene rings is 1. The summed E-state index contributed by atoms with van der Waals surface area (Å²) >= 11 is 0. The maximum Gasteiger partial charge on any atom is 0.228 e. The SMILES string of the molecule is O=C(C1CCCC1O)N1CC(O)CC1c1cc(F)ccc1F. The van der Waals surface area contributed by atoms with Gasteiger partial charge in [-0.25, -0.2) is 8.78 Å². The molecular formula is C16H19F2NO3. The lowest BCUT2D eigenvalue weighted by atomic mass is 10.00. The molecule has 1 saturated heterocycles. The molecule has 1 saturated carbocycles. The summed E-state index contributed by atoms with van der Waals surface area (Å²) < 4.78 is 27.4. The molecule has 4 unspecified atom stereocenters. The van der Waals surface area contributed by atoms with E-state index in [0.29, 0.717) is 12.8 Å². The zero-order chi connectivity index (χ0) is 15.9. The van der Waals surface area contributed by atoms with Gasteiger partial charge in [0, 0.05) is 12.1 Å². The number of amides is 1. The van der Waals surface area contributed by atoms with Crippen molar-refractivity contribution in [2.24, 2.45) is 5.92 Å². The van der Waals surface area contributed by atoms with E-state index in [-0.39, 0.29) is 24.4 Å². The van der Waals surface area contributed by atoms with Crippen molar-refractivity contribution in [1.82, 2.24) is 4.90 Å². The average molecular weight is 311 g/mol. The molecule has 1 aliphatic heterocycles. The van der Waals surface area contributed by atoms with Gasteiger partial charge in [0.1, 0.15) is 11.6 Å². The molecule has 1 aliphatic carbocycles. The predicted octanol–water partition coefficient (Wildman–Crippen LogP) is 1.76. The number of halogens is 2. The molecule has 2 fully saturated rings. The molecule has 120 valence electrons. The van der Waals surface area contributed by atoms with Crippen LogP contribution in [0.25, 0.3) is 0 Å². The number of aliphatic hydroxyl groups excluding tert-OH is 2. The Labute approximate surface area is 127 Å². The maximum atomic E-state index is 14.0.